The lowest BCUT2D eigenvalue weighted by Gasteiger charge is -2.21. The van der Waals surface area contributed by atoms with E-state index in [1.807, 2.05) is 84.9 Å². The van der Waals surface area contributed by atoms with Crippen LogP contribution in [-0.4, -0.2) is 13.4 Å². The number of nitriles is 1. The van der Waals surface area contributed by atoms with Gasteiger partial charge in [0, 0.05) is 43.3 Å². The van der Waals surface area contributed by atoms with Gasteiger partial charge in [0.25, 0.3) is 0 Å². The Morgan fingerprint density at radius 3 is 1.66 bits per heavy atom. The number of benzene rings is 9. The van der Waals surface area contributed by atoms with Crippen molar-refractivity contribution in [2.75, 3.05) is 0 Å². The Balaban J connectivity index is 1.37. The quantitative estimate of drug-likeness (QED) is 0.136. The standard InChI is InChI=1S/C48H28N2O2S/c49-29-31-26-27-44(34-18-6-4-16-32(31)34)53(51,52)48-38-22-10-8-20-36(38)45(37-21-9-11-23-39(37)48)41-28-42-46(35-19-7-5-17-33(35)41)40-24-12-13-25-43(40)50-47(42)30-14-2-1-3-15-30/h1-28H. The molecule has 0 saturated carbocycles. The largest absolute Gasteiger partial charge is 0.247 e. The maximum absolute atomic E-state index is 15.1. The number of para-hydroxylation sites is 1. The van der Waals surface area contributed by atoms with Crippen LogP contribution < -0.4 is 0 Å². The first kappa shape index (κ1) is 30.9. The number of nitrogens with zero attached hydrogens (tertiary/aromatic N) is 2. The predicted octanol–water partition coefficient (Wildman–Crippen LogP) is 12.0. The van der Waals surface area contributed by atoms with Crippen molar-refractivity contribution < 1.29 is 8.42 Å². The molecule has 0 aliphatic carbocycles. The highest BCUT2D eigenvalue weighted by Crippen LogP contribution is 2.48. The van der Waals surface area contributed by atoms with Crippen LogP contribution in [0.3, 0.4) is 0 Å². The van der Waals surface area contributed by atoms with E-state index in [4.69, 9.17) is 4.98 Å². The first-order chi connectivity index (χ1) is 26.0. The molecule has 1 heterocycles. The van der Waals surface area contributed by atoms with Gasteiger partial charge in [-0.15, -0.1) is 0 Å². The molecule has 0 aliphatic heterocycles. The second-order valence-corrected chi connectivity index (χ2v) is 15.2. The number of hydrogen-bond acceptors (Lipinski definition) is 4. The number of rotatable bonds is 4. The van der Waals surface area contributed by atoms with E-state index in [0.29, 0.717) is 27.1 Å². The molecule has 248 valence electrons. The van der Waals surface area contributed by atoms with E-state index in [0.717, 1.165) is 65.6 Å². The second kappa shape index (κ2) is 11.8. The summed E-state index contributed by atoms with van der Waals surface area (Å²) in [4.78, 5) is 5.69. The van der Waals surface area contributed by atoms with Crippen molar-refractivity contribution in [2.45, 2.75) is 9.79 Å². The fraction of sp³-hybridized carbons (Fsp3) is 0. The van der Waals surface area contributed by atoms with Gasteiger partial charge in [-0.2, -0.15) is 5.26 Å². The van der Waals surface area contributed by atoms with E-state index >= 15 is 8.42 Å². The van der Waals surface area contributed by atoms with Gasteiger partial charge in [-0.05, 0) is 56.9 Å². The second-order valence-electron chi connectivity index (χ2n) is 13.3. The molecule has 4 nitrogen and oxygen atoms in total. The van der Waals surface area contributed by atoms with Crippen molar-refractivity contribution in [3.63, 3.8) is 0 Å². The summed E-state index contributed by atoms with van der Waals surface area (Å²) >= 11 is 0. The molecule has 9 aromatic carbocycles. The molecule has 0 fully saturated rings. The zero-order chi connectivity index (χ0) is 35.7. The topological polar surface area (TPSA) is 70.8 Å². The summed E-state index contributed by atoms with van der Waals surface area (Å²) in [6.45, 7) is 0. The average Bonchev–Trinajstić information content (AvgIpc) is 3.21. The van der Waals surface area contributed by atoms with Gasteiger partial charge < -0.3 is 0 Å². The molecule has 10 aromatic rings. The summed E-state index contributed by atoms with van der Waals surface area (Å²) in [5.74, 6) is 0. The minimum Gasteiger partial charge on any atom is -0.247 e. The maximum atomic E-state index is 15.1. The van der Waals surface area contributed by atoms with E-state index in [9.17, 15) is 5.26 Å². The molecule has 0 radical (unpaired) electrons. The molecule has 0 aliphatic rings. The fourth-order valence-electron chi connectivity index (χ4n) is 8.22. The summed E-state index contributed by atoms with van der Waals surface area (Å²) in [5, 5.41) is 19.3. The molecule has 1 aromatic heterocycles. The molecule has 0 spiro atoms. The molecular weight excluding hydrogens is 669 g/mol. The zero-order valence-electron chi connectivity index (χ0n) is 28.3. The fourth-order valence-corrected chi connectivity index (χ4v) is 10.1. The summed E-state index contributed by atoms with van der Waals surface area (Å²) in [5.41, 5.74) is 5.25. The van der Waals surface area contributed by atoms with Crippen LogP contribution in [0.15, 0.2) is 180 Å². The predicted molar refractivity (Wildman–Crippen MR) is 217 cm³/mol. The summed E-state index contributed by atoms with van der Waals surface area (Å²) in [6.07, 6.45) is 0. The van der Waals surface area contributed by atoms with Gasteiger partial charge in [0.2, 0.25) is 9.84 Å². The Labute approximate surface area is 305 Å². The zero-order valence-corrected chi connectivity index (χ0v) is 29.1. The Bertz CT molecular complexity index is 3250. The van der Waals surface area contributed by atoms with E-state index in [2.05, 4.69) is 66.7 Å². The van der Waals surface area contributed by atoms with Crippen LogP contribution in [-0.2, 0) is 9.84 Å². The molecule has 0 atom stereocenters. The number of sulfone groups is 1. The summed E-state index contributed by atoms with van der Waals surface area (Å²) in [7, 11) is -4.11. The van der Waals surface area contributed by atoms with Gasteiger partial charge in [-0.25, -0.2) is 13.4 Å². The van der Waals surface area contributed by atoms with Gasteiger partial charge in [0.05, 0.1) is 32.6 Å². The van der Waals surface area contributed by atoms with E-state index in [-0.39, 0.29) is 9.79 Å². The van der Waals surface area contributed by atoms with E-state index in [1.54, 1.807) is 24.3 Å². The lowest BCUT2D eigenvalue weighted by molar-refractivity contribution is 0.598. The Hall–Kier alpha value is -6.87. The van der Waals surface area contributed by atoms with Crippen LogP contribution in [0.2, 0.25) is 0 Å². The summed E-state index contributed by atoms with van der Waals surface area (Å²) in [6, 6.07) is 57.6. The van der Waals surface area contributed by atoms with Crippen molar-refractivity contribution >= 4 is 74.6 Å². The van der Waals surface area contributed by atoms with Crippen molar-refractivity contribution in [3.05, 3.63) is 175 Å². The van der Waals surface area contributed by atoms with Crippen LogP contribution in [0.1, 0.15) is 5.56 Å². The summed E-state index contributed by atoms with van der Waals surface area (Å²) < 4.78 is 30.3. The number of fused-ring (bicyclic) bond motifs is 8. The van der Waals surface area contributed by atoms with Gasteiger partial charge in [-0.3, -0.25) is 0 Å². The van der Waals surface area contributed by atoms with Crippen LogP contribution in [0, 0.1) is 11.3 Å². The first-order valence-electron chi connectivity index (χ1n) is 17.4. The molecule has 10 rings (SSSR count). The van der Waals surface area contributed by atoms with Crippen molar-refractivity contribution in [1.29, 1.82) is 5.26 Å². The molecule has 0 N–H and O–H groups in total. The smallest absolute Gasteiger partial charge is 0.208 e. The Morgan fingerprint density at radius 1 is 0.472 bits per heavy atom. The van der Waals surface area contributed by atoms with Gasteiger partial charge in [0.15, 0.2) is 0 Å². The van der Waals surface area contributed by atoms with Crippen LogP contribution >= 0.6 is 0 Å². The maximum Gasteiger partial charge on any atom is 0.208 e. The monoisotopic (exact) mass is 696 g/mol. The van der Waals surface area contributed by atoms with Crippen LogP contribution in [0.4, 0.5) is 0 Å². The third kappa shape index (κ3) is 4.60. The SMILES string of the molecule is N#Cc1ccc(S(=O)(=O)c2c3ccccc3c(-c3cc4c(-c5ccccc5)nc5ccccc5c4c4ccccc34)c3ccccc23)c2ccccc12. The highest BCUT2D eigenvalue weighted by molar-refractivity contribution is 7.92. The Kier molecular flexibility index (Phi) is 6.91. The minimum absolute atomic E-state index is 0.178. The molecule has 0 amide bonds. The van der Waals surface area contributed by atoms with E-state index < -0.39 is 9.84 Å². The average molecular weight is 697 g/mol. The highest BCUT2D eigenvalue weighted by atomic mass is 32.2. The van der Waals surface area contributed by atoms with Gasteiger partial charge >= 0.3 is 0 Å². The first-order valence-corrected chi connectivity index (χ1v) is 18.9. The van der Waals surface area contributed by atoms with Crippen LogP contribution in [0.25, 0.3) is 87.1 Å². The molecule has 53 heavy (non-hydrogen) atoms. The van der Waals surface area contributed by atoms with Crippen molar-refractivity contribution in [1.82, 2.24) is 4.98 Å². The Morgan fingerprint density at radius 2 is 1.00 bits per heavy atom. The normalized spacial score (nSPS) is 11.9. The van der Waals surface area contributed by atoms with E-state index in [1.165, 1.54) is 0 Å². The van der Waals surface area contributed by atoms with Crippen LogP contribution in [0.5, 0.6) is 0 Å². The third-order valence-corrected chi connectivity index (χ3v) is 12.4. The molecule has 0 bridgehead atoms. The lowest BCUT2D eigenvalue weighted by atomic mass is 9.86. The minimum atomic E-state index is -4.11. The molecule has 0 saturated heterocycles. The number of pyridine rings is 1. The molecule has 5 heteroatoms. The molecular formula is C48H28N2O2S. The third-order valence-electron chi connectivity index (χ3n) is 10.5. The number of aromatic nitrogens is 1. The number of hydrogen-bond donors (Lipinski definition) is 0. The van der Waals surface area contributed by atoms with Gasteiger partial charge in [-0.1, -0.05) is 146 Å². The highest BCUT2D eigenvalue weighted by Gasteiger charge is 2.29. The van der Waals surface area contributed by atoms with Crippen molar-refractivity contribution in [2.24, 2.45) is 0 Å². The van der Waals surface area contributed by atoms with Crippen molar-refractivity contribution in [3.8, 4) is 28.5 Å². The molecule has 0 unspecified atom stereocenters. The lowest BCUT2D eigenvalue weighted by Crippen LogP contribution is -2.06. The van der Waals surface area contributed by atoms with Gasteiger partial charge in [0.1, 0.15) is 0 Å².